The Balaban J connectivity index is 0.000000128. The van der Waals surface area contributed by atoms with Crippen molar-refractivity contribution < 1.29 is 13.2 Å². The van der Waals surface area contributed by atoms with E-state index in [1.165, 1.54) is 29.5 Å². The summed E-state index contributed by atoms with van der Waals surface area (Å²) < 4.78 is 50.9. The van der Waals surface area contributed by atoms with Crippen LogP contribution in [-0.2, 0) is 24.7 Å². The van der Waals surface area contributed by atoms with Gasteiger partial charge in [-0.3, -0.25) is 26.4 Å². The summed E-state index contributed by atoms with van der Waals surface area (Å²) in [6.07, 6.45) is 16.4. The van der Waals surface area contributed by atoms with Crippen LogP contribution in [0.25, 0.3) is 38.7 Å². The van der Waals surface area contributed by atoms with E-state index in [2.05, 4.69) is 228 Å². The first-order chi connectivity index (χ1) is 60.0. The van der Waals surface area contributed by atoms with Crippen LogP contribution < -0.4 is 63.8 Å². The first-order valence-electron chi connectivity index (χ1n) is 38.2. The smallest absolute Gasteiger partial charge is 0.363 e. The average Bonchev–Trinajstić information content (AvgIpc) is 1.21. The number of nitrogens with one attached hydrogen (secondary N) is 12. The Kier molecular flexibility index (Phi) is 27.4. The zero-order chi connectivity index (χ0) is 87.4. The van der Waals surface area contributed by atoms with Crippen LogP contribution in [-0.4, -0.2) is 160 Å². The second-order valence-corrected chi connectivity index (χ2v) is 29.1. The van der Waals surface area contributed by atoms with Crippen LogP contribution >= 0.6 is 27.5 Å². The number of alkyl halides is 3. The lowest BCUT2D eigenvalue weighted by atomic mass is 9.87. The lowest BCUT2D eigenvalue weighted by Gasteiger charge is -2.19. The molecule has 0 aliphatic rings. The minimum absolute atomic E-state index is 0.0237. The molecule has 37 nitrogen and oxygen atoms in total. The van der Waals surface area contributed by atoms with Gasteiger partial charge in [0.05, 0.1) is 12.1 Å². The number of hydrogen-bond acceptors (Lipinski definition) is 30. The number of hydrogen-bond donors (Lipinski definition) is 12. The second-order valence-electron chi connectivity index (χ2n) is 27.8. The van der Waals surface area contributed by atoms with Crippen molar-refractivity contribution in [2.45, 2.75) is 59.3 Å². The third kappa shape index (κ3) is 20.7. The Bertz CT molecular complexity index is 6530. The van der Waals surface area contributed by atoms with Crippen molar-refractivity contribution in [3.05, 3.63) is 268 Å². The number of rotatable bonds is 20. The van der Waals surface area contributed by atoms with Gasteiger partial charge in [-0.1, -0.05) is 121 Å². The molecule has 0 amide bonds. The summed E-state index contributed by atoms with van der Waals surface area (Å²) >= 11 is 9.54. The van der Waals surface area contributed by atoms with Gasteiger partial charge in [0.1, 0.15) is 0 Å². The lowest BCUT2D eigenvalue weighted by Crippen LogP contribution is -2.12. The molecule has 0 atom stereocenters. The molecule has 42 heteroatoms. The number of anilines is 16. The average molecular weight is 1760 g/mol. The largest absolute Gasteiger partial charge is 0.416 e. The van der Waals surface area contributed by atoms with E-state index >= 15 is 0 Å². The first-order valence-corrected chi connectivity index (χ1v) is 39.3. The molecule has 0 fully saturated rings. The molecule has 12 aromatic heterocycles. The maximum Gasteiger partial charge on any atom is 0.416 e. The summed E-state index contributed by atoms with van der Waals surface area (Å²) in [5.74, 6) is 7.56. The van der Waals surface area contributed by atoms with Crippen molar-refractivity contribution in [2.24, 2.45) is 0 Å². The number of halogens is 5. The third-order valence-corrected chi connectivity index (χ3v) is 19.4. The SMILES string of the molecule is CNc1nnc2c(NCc3ccc(C)c(Cl)c3)nccn12.CNc1nnc2c(NCc3ccccc3C(F)(F)F)nccn12.CNc1nnc2c(Nc3ccc(Br)cc3)nccn12.CNc1nnc2c(Nc3ccc(C(C)(C)C)cc3)nccn12.CNc1nnc2c(Nc3ccc(C)cc3)nccn12.[C-]#[N+]c1ccc(Nc2nccn3c(NC)nnc23)cc1. The monoisotopic (exact) mass is 1760 g/mol. The van der Waals surface area contributed by atoms with Gasteiger partial charge in [0.2, 0.25) is 69.6 Å². The van der Waals surface area contributed by atoms with Gasteiger partial charge < -0.3 is 63.8 Å². The molecule has 0 saturated carbocycles. The fraction of sp³-hybridized carbons (Fsp3) is 0.183. The molecule has 124 heavy (non-hydrogen) atoms. The van der Waals surface area contributed by atoms with Crippen LogP contribution in [0.1, 0.15) is 54.2 Å². The first kappa shape index (κ1) is 86.1. The molecule has 0 bridgehead atoms. The summed E-state index contributed by atoms with van der Waals surface area (Å²) in [7, 11) is 10.7. The third-order valence-electron chi connectivity index (χ3n) is 18.5. The van der Waals surface area contributed by atoms with E-state index in [4.69, 9.17) is 18.2 Å². The van der Waals surface area contributed by atoms with Crippen LogP contribution in [0.2, 0.25) is 5.02 Å². The van der Waals surface area contributed by atoms with E-state index < -0.39 is 11.7 Å². The highest BCUT2D eigenvalue weighted by atomic mass is 79.9. The molecule has 12 heterocycles. The number of aromatic nitrogens is 24. The van der Waals surface area contributed by atoms with Gasteiger partial charge >= 0.3 is 6.18 Å². The molecule has 18 aromatic rings. The standard InChI is InChI=1S/C16H20N6.C14H15ClN6.C14H13F3N6.C13H11N7.C13H14N6.C12H11BrN6/c1-16(2,3)11-5-7-12(8-6-11)19-13-14-20-21-15(17-4)22(14)10-9-18-13;1-9-3-4-10(7-11(9)15)8-18-12-13-19-20-14(16-2)21(13)6-5-17-12;1-18-13-22-21-12-11(19-6-7-23(12)13)20-8-9-4-2-3-5-10(9)14(15,16)17;1-14-9-3-5-10(6-4-9)17-11-12-18-19-13(15-2)20(12)8-7-16-11;1-9-3-5-10(6-4-9)16-11-12-17-18-13(14-2)19(12)8-7-15-11;1-14-12-18-17-11-10(15-6-7-19(11)12)16-9-4-2-8(13)3-5-9/h5-10H,1-4H3,(H,17,21)(H,18,19);3-7H,8H2,1-2H3,(H,16,20)(H,17,18);2-7H,8H2,1H3,(H,18,22)(H,19,20);3-8H,2H3,(H,15,19)(H,16,17);3-8H,1-2H3,(H,14,18)(H,15,16);2-7H,1H3,(H,14,18)(H,15,16). The van der Waals surface area contributed by atoms with E-state index in [1.54, 1.807) is 94.2 Å². The van der Waals surface area contributed by atoms with Crippen LogP contribution in [0.3, 0.4) is 0 Å². The highest BCUT2D eigenvalue weighted by molar-refractivity contribution is 9.10. The number of benzene rings is 6. The molecule has 0 saturated heterocycles. The molecular formula is C82H84BrClF3N37. The summed E-state index contributed by atoms with van der Waals surface area (Å²) in [5.41, 5.74) is 12.4. The Hall–Kier alpha value is -15.7. The van der Waals surface area contributed by atoms with Crippen molar-refractivity contribution in [3.8, 4) is 0 Å². The van der Waals surface area contributed by atoms with Crippen molar-refractivity contribution in [3.63, 3.8) is 0 Å². The second kappa shape index (κ2) is 39.4. The predicted octanol–water partition coefficient (Wildman–Crippen LogP) is 16.1. The van der Waals surface area contributed by atoms with Gasteiger partial charge in [-0.25, -0.2) is 34.7 Å². The molecular weight excluding hydrogens is 1680 g/mol. The quantitative estimate of drug-likeness (QED) is 0.0315. The lowest BCUT2D eigenvalue weighted by molar-refractivity contribution is -0.138. The van der Waals surface area contributed by atoms with E-state index in [1.807, 2.05) is 147 Å². The summed E-state index contributed by atoms with van der Waals surface area (Å²) in [6, 6.07) is 42.9. The van der Waals surface area contributed by atoms with Crippen molar-refractivity contribution in [1.82, 2.24) is 117 Å². The fourth-order valence-corrected chi connectivity index (χ4v) is 12.5. The van der Waals surface area contributed by atoms with Crippen LogP contribution in [0, 0.1) is 20.4 Å². The van der Waals surface area contributed by atoms with Gasteiger partial charge in [0.15, 0.2) is 40.6 Å². The summed E-state index contributed by atoms with van der Waals surface area (Å²) in [4.78, 5) is 29.0. The summed E-state index contributed by atoms with van der Waals surface area (Å²) in [5, 5.41) is 86.4. The van der Waals surface area contributed by atoms with Gasteiger partial charge in [-0.15, -0.1) is 61.2 Å². The minimum Gasteiger partial charge on any atom is -0.363 e. The van der Waals surface area contributed by atoms with E-state index in [0.717, 1.165) is 49.4 Å². The van der Waals surface area contributed by atoms with Crippen molar-refractivity contribution >= 4 is 160 Å². The minimum atomic E-state index is -4.40. The zero-order valence-electron chi connectivity index (χ0n) is 68.7. The molecule has 18 rings (SSSR count). The van der Waals surface area contributed by atoms with Crippen LogP contribution in [0.4, 0.5) is 112 Å². The Labute approximate surface area is 720 Å². The molecule has 632 valence electrons. The maximum absolute atomic E-state index is 13.0. The van der Waals surface area contributed by atoms with Crippen LogP contribution in [0.5, 0.6) is 0 Å². The highest BCUT2D eigenvalue weighted by Crippen LogP contribution is 2.34. The highest BCUT2D eigenvalue weighted by Gasteiger charge is 2.33. The fourth-order valence-electron chi connectivity index (χ4n) is 12.0. The maximum atomic E-state index is 13.0. The van der Waals surface area contributed by atoms with E-state index in [9.17, 15) is 13.2 Å². The molecule has 0 aliphatic carbocycles. The van der Waals surface area contributed by atoms with Gasteiger partial charge in [0.25, 0.3) is 0 Å². The Morgan fingerprint density at radius 2 is 0.702 bits per heavy atom. The van der Waals surface area contributed by atoms with Crippen molar-refractivity contribution in [2.75, 3.05) is 106 Å². The van der Waals surface area contributed by atoms with Gasteiger partial charge in [0, 0.05) is 162 Å². The molecule has 0 aliphatic heterocycles. The Morgan fingerprint density at radius 3 is 1.03 bits per heavy atom. The normalized spacial score (nSPS) is 11.0. The zero-order valence-corrected chi connectivity index (χ0v) is 71.0. The molecule has 6 aromatic carbocycles. The van der Waals surface area contributed by atoms with Gasteiger partial charge in [-0.2, -0.15) is 13.2 Å². The Morgan fingerprint density at radius 1 is 0.387 bits per heavy atom. The van der Waals surface area contributed by atoms with Gasteiger partial charge in [-0.05, 0) is 114 Å². The summed E-state index contributed by atoms with van der Waals surface area (Å²) in [6.45, 7) is 18.2. The topological polar surface area (TPSA) is 407 Å². The molecule has 0 unspecified atom stereocenters. The number of aryl methyl sites for hydroxylation is 2. The molecule has 12 N–H and O–H groups in total. The predicted molar refractivity (Wildman–Crippen MR) is 481 cm³/mol. The molecule has 0 spiro atoms. The number of fused-ring (bicyclic) bond motifs is 6. The number of nitrogens with zero attached hydrogens (tertiary/aromatic N) is 25. The van der Waals surface area contributed by atoms with Crippen LogP contribution in [0.15, 0.2) is 218 Å². The van der Waals surface area contributed by atoms with E-state index in [-0.39, 0.29) is 17.5 Å². The van der Waals surface area contributed by atoms with Crippen molar-refractivity contribution in [1.29, 1.82) is 0 Å². The molecule has 0 radical (unpaired) electrons. The van der Waals surface area contributed by atoms with E-state index in [0.29, 0.717) is 117 Å².